The number of nitrogens with two attached hydrogens (primary N) is 1. The van der Waals surface area contributed by atoms with Crippen molar-refractivity contribution in [3.05, 3.63) is 21.9 Å². The zero-order valence-corrected chi connectivity index (χ0v) is 10.3. The second-order valence-electron chi connectivity index (χ2n) is 4.33. The van der Waals surface area contributed by atoms with Gasteiger partial charge in [-0.15, -0.1) is 11.3 Å². The fourth-order valence-corrected chi connectivity index (χ4v) is 2.10. The normalized spacial score (nSPS) is 11.5. The average Bonchev–Trinajstić information content (AvgIpc) is 2.50. The maximum absolute atomic E-state index is 11.6. The quantitative estimate of drug-likeness (QED) is 0.816. The predicted octanol–water partition coefficient (Wildman–Crippen LogP) is 1.45. The SMILES string of the molecule is Cc1ccc(CC(=O)NC(C)(C)CN)s1. The van der Waals surface area contributed by atoms with Gasteiger partial charge < -0.3 is 11.1 Å². The van der Waals surface area contributed by atoms with Crippen LogP contribution in [0, 0.1) is 6.92 Å². The molecule has 1 aromatic heterocycles. The number of rotatable bonds is 4. The Morgan fingerprint density at radius 2 is 2.20 bits per heavy atom. The van der Waals surface area contributed by atoms with Gasteiger partial charge in [-0.25, -0.2) is 0 Å². The molecule has 3 nitrogen and oxygen atoms in total. The smallest absolute Gasteiger partial charge is 0.225 e. The van der Waals surface area contributed by atoms with Crippen molar-refractivity contribution in [2.75, 3.05) is 6.54 Å². The molecule has 0 radical (unpaired) electrons. The first-order valence-corrected chi connectivity index (χ1v) is 5.81. The Labute approximate surface area is 94.7 Å². The lowest BCUT2D eigenvalue weighted by Gasteiger charge is -2.23. The van der Waals surface area contributed by atoms with Gasteiger partial charge in [0.2, 0.25) is 5.91 Å². The second kappa shape index (κ2) is 4.77. The second-order valence-corrected chi connectivity index (χ2v) is 5.70. The largest absolute Gasteiger partial charge is 0.350 e. The molecule has 1 heterocycles. The standard InChI is InChI=1S/C11H18N2OS/c1-8-4-5-9(15-8)6-10(14)13-11(2,3)7-12/h4-5H,6-7,12H2,1-3H3,(H,13,14). The van der Waals surface area contributed by atoms with E-state index < -0.39 is 0 Å². The van der Waals surface area contributed by atoms with Gasteiger partial charge in [-0.3, -0.25) is 4.79 Å². The monoisotopic (exact) mass is 226 g/mol. The first kappa shape index (κ1) is 12.2. The summed E-state index contributed by atoms with van der Waals surface area (Å²) >= 11 is 1.66. The third-order valence-corrected chi connectivity index (χ3v) is 3.12. The van der Waals surface area contributed by atoms with E-state index in [-0.39, 0.29) is 11.4 Å². The van der Waals surface area contributed by atoms with E-state index in [2.05, 4.69) is 5.32 Å². The van der Waals surface area contributed by atoms with Crippen molar-refractivity contribution in [3.63, 3.8) is 0 Å². The fraction of sp³-hybridized carbons (Fsp3) is 0.545. The van der Waals surface area contributed by atoms with Gasteiger partial charge in [0.15, 0.2) is 0 Å². The Morgan fingerprint density at radius 3 is 2.67 bits per heavy atom. The molecule has 0 aliphatic carbocycles. The summed E-state index contributed by atoms with van der Waals surface area (Å²) in [6.07, 6.45) is 0.446. The lowest BCUT2D eigenvalue weighted by Crippen LogP contribution is -2.49. The first-order chi connectivity index (χ1) is 6.93. The van der Waals surface area contributed by atoms with E-state index in [1.807, 2.05) is 32.9 Å². The molecule has 3 N–H and O–H groups in total. The van der Waals surface area contributed by atoms with Crippen LogP contribution in [0.1, 0.15) is 23.6 Å². The lowest BCUT2D eigenvalue weighted by molar-refractivity contribution is -0.121. The molecular formula is C11H18N2OS. The van der Waals surface area contributed by atoms with Crippen LogP contribution < -0.4 is 11.1 Å². The molecule has 0 saturated carbocycles. The fourth-order valence-electron chi connectivity index (χ4n) is 1.21. The maximum Gasteiger partial charge on any atom is 0.225 e. The maximum atomic E-state index is 11.6. The van der Waals surface area contributed by atoms with Gasteiger partial charge in [0.05, 0.1) is 6.42 Å². The first-order valence-electron chi connectivity index (χ1n) is 4.99. The highest BCUT2D eigenvalue weighted by Gasteiger charge is 2.18. The van der Waals surface area contributed by atoms with E-state index >= 15 is 0 Å². The summed E-state index contributed by atoms with van der Waals surface area (Å²) in [5, 5.41) is 2.91. The molecule has 0 aromatic carbocycles. The zero-order valence-electron chi connectivity index (χ0n) is 9.46. The van der Waals surface area contributed by atoms with Crippen LogP contribution in [0.25, 0.3) is 0 Å². The molecule has 4 heteroatoms. The molecule has 0 saturated heterocycles. The summed E-state index contributed by atoms with van der Waals surface area (Å²) in [6.45, 7) is 6.33. The Balaban J connectivity index is 2.50. The van der Waals surface area contributed by atoms with E-state index in [1.54, 1.807) is 11.3 Å². The van der Waals surface area contributed by atoms with E-state index in [9.17, 15) is 4.79 Å². The van der Waals surface area contributed by atoms with E-state index in [0.29, 0.717) is 13.0 Å². The molecule has 0 fully saturated rings. The van der Waals surface area contributed by atoms with Gasteiger partial charge in [-0.1, -0.05) is 0 Å². The number of nitrogens with one attached hydrogen (secondary N) is 1. The molecular weight excluding hydrogens is 208 g/mol. The number of amides is 1. The average molecular weight is 226 g/mol. The van der Waals surface area contributed by atoms with Crippen LogP contribution in [0.15, 0.2) is 12.1 Å². The number of thiophene rings is 1. The molecule has 1 amide bonds. The summed E-state index contributed by atoms with van der Waals surface area (Å²) < 4.78 is 0. The molecule has 0 aliphatic rings. The van der Waals surface area contributed by atoms with Crippen molar-refractivity contribution < 1.29 is 4.79 Å². The third kappa shape index (κ3) is 4.01. The summed E-state index contributed by atoms with van der Waals surface area (Å²) in [6, 6.07) is 4.02. The van der Waals surface area contributed by atoms with E-state index in [1.165, 1.54) is 4.88 Å². The molecule has 1 rings (SSSR count). The summed E-state index contributed by atoms with van der Waals surface area (Å²) in [5.74, 6) is 0.0345. The number of aryl methyl sites for hydroxylation is 1. The van der Waals surface area contributed by atoms with Crippen LogP contribution in [0.2, 0.25) is 0 Å². The van der Waals surface area contributed by atoms with E-state index in [4.69, 9.17) is 5.73 Å². The molecule has 0 aliphatic heterocycles. The topological polar surface area (TPSA) is 55.1 Å². The number of hydrogen-bond donors (Lipinski definition) is 2. The van der Waals surface area contributed by atoms with Gasteiger partial charge in [0.25, 0.3) is 0 Å². The highest BCUT2D eigenvalue weighted by Crippen LogP contribution is 2.15. The van der Waals surface area contributed by atoms with Gasteiger partial charge in [0.1, 0.15) is 0 Å². The molecule has 0 spiro atoms. The van der Waals surface area contributed by atoms with Gasteiger partial charge in [-0.2, -0.15) is 0 Å². The summed E-state index contributed by atoms with van der Waals surface area (Å²) in [7, 11) is 0. The zero-order chi connectivity index (χ0) is 11.5. The Kier molecular flexibility index (Phi) is 3.88. The molecule has 15 heavy (non-hydrogen) atoms. The summed E-state index contributed by atoms with van der Waals surface area (Å²) in [5.41, 5.74) is 5.22. The van der Waals surface area contributed by atoms with Crippen LogP contribution in [-0.4, -0.2) is 18.0 Å². The van der Waals surface area contributed by atoms with Crippen molar-refractivity contribution in [2.45, 2.75) is 32.7 Å². The minimum absolute atomic E-state index is 0.0345. The van der Waals surface area contributed by atoms with Gasteiger partial charge in [0, 0.05) is 21.8 Å². The molecule has 1 aromatic rings. The van der Waals surface area contributed by atoms with Crippen molar-refractivity contribution in [1.29, 1.82) is 0 Å². The highest BCUT2D eigenvalue weighted by atomic mass is 32.1. The van der Waals surface area contributed by atoms with E-state index in [0.717, 1.165) is 4.88 Å². The van der Waals surface area contributed by atoms with Crippen molar-refractivity contribution in [2.24, 2.45) is 5.73 Å². The van der Waals surface area contributed by atoms with Crippen LogP contribution in [0.5, 0.6) is 0 Å². The van der Waals surface area contributed by atoms with Crippen molar-refractivity contribution >= 4 is 17.2 Å². The van der Waals surface area contributed by atoms with Crippen LogP contribution in [0.3, 0.4) is 0 Å². The molecule has 0 bridgehead atoms. The Morgan fingerprint density at radius 1 is 1.53 bits per heavy atom. The number of hydrogen-bond acceptors (Lipinski definition) is 3. The lowest BCUT2D eigenvalue weighted by atomic mass is 10.1. The Bertz CT molecular complexity index is 344. The van der Waals surface area contributed by atoms with Crippen molar-refractivity contribution in [3.8, 4) is 0 Å². The van der Waals surface area contributed by atoms with Crippen LogP contribution in [-0.2, 0) is 11.2 Å². The minimum atomic E-state index is -0.316. The molecule has 0 unspecified atom stereocenters. The number of carbonyl (C=O) groups is 1. The third-order valence-electron chi connectivity index (χ3n) is 2.12. The van der Waals surface area contributed by atoms with Crippen molar-refractivity contribution in [1.82, 2.24) is 5.32 Å². The van der Waals surface area contributed by atoms with Crippen LogP contribution >= 0.6 is 11.3 Å². The number of carbonyl (C=O) groups excluding carboxylic acids is 1. The highest BCUT2D eigenvalue weighted by molar-refractivity contribution is 7.12. The minimum Gasteiger partial charge on any atom is -0.350 e. The molecule has 84 valence electrons. The Hall–Kier alpha value is -0.870. The van der Waals surface area contributed by atoms with Gasteiger partial charge >= 0.3 is 0 Å². The van der Waals surface area contributed by atoms with Gasteiger partial charge in [-0.05, 0) is 32.9 Å². The predicted molar refractivity (Wildman–Crippen MR) is 64.0 cm³/mol. The summed E-state index contributed by atoms with van der Waals surface area (Å²) in [4.78, 5) is 14.0. The van der Waals surface area contributed by atoms with Crippen LogP contribution in [0.4, 0.5) is 0 Å². The molecule has 0 atom stereocenters.